The van der Waals surface area contributed by atoms with E-state index in [1.54, 1.807) is 24.8 Å². The zero-order chi connectivity index (χ0) is 46.7. The minimum absolute atomic E-state index is 0.00549. The Morgan fingerprint density at radius 1 is 0.828 bits per heavy atom. The zero-order valence-corrected chi connectivity index (χ0v) is 41.3. The van der Waals surface area contributed by atoms with Crippen LogP contribution in [-0.4, -0.2) is 115 Å². The van der Waals surface area contributed by atoms with Crippen LogP contribution in [0.5, 0.6) is 0 Å². The fourth-order valence-electron chi connectivity index (χ4n) is 14.3. The predicted molar refractivity (Wildman–Crippen MR) is 247 cm³/mol. The van der Waals surface area contributed by atoms with Crippen LogP contribution in [0.3, 0.4) is 0 Å². The third-order valence-electron chi connectivity index (χ3n) is 19.1. The van der Waals surface area contributed by atoms with Crippen molar-refractivity contribution in [3.05, 3.63) is 12.7 Å². The second-order valence-corrected chi connectivity index (χ2v) is 24.4. The molecule has 3 amide bonds. The van der Waals surface area contributed by atoms with Crippen molar-refractivity contribution < 1.29 is 37.1 Å². The van der Waals surface area contributed by atoms with Crippen LogP contribution >= 0.6 is 0 Å². The lowest BCUT2D eigenvalue weighted by atomic mass is 9.65. The Morgan fingerprint density at radius 3 is 2.03 bits per heavy atom. The van der Waals surface area contributed by atoms with Gasteiger partial charge in [0, 0.05) is 57.1 Å². The van der Waals surface area contributed by atoms with Crippen molar-refractivity contribution in [1.29, 1.82) is 0 Å². The maximum atomic E-state index is 15.9. The first-order valence-corrected chi connectivity index (χ1v) is 26.5. The molecule has 0 aromatic rings. The molecular weight excluding hydrogens is 831 g/mol. The molecule has 0 unspecified atom stereocenters. The van der Waals surface area contributed by atoms with Gasteiger partial charge < -0.3 is 15.0 Å². The summed E-state index contributed by atoms with van der Waals surface area (Å²) in [7, 11) is -4.14. The van der Waals surface area contributed by atoms with Gasteiger partial charge in [0.1, 0.15) is 0 Å². The average Bonchev–Trinajstić information content (AvgIpc) is 3.97. The van der Waals surface area contributed by atoms with E-state index < -0.39 is 50.4 Å². The summed E-state index contributed by atoms with van der Waals surface area (Å²) in [5, 5.41) is 3.36. The molecule has 0 aromatic carbocycles. The topological polar surface area (TPSA) is 162 Å². The maximum absolute atomic E-state index is 15.9. The first-order chi connectivity index (χ1) is 30.1. The van der Waals surface area contributed by atoms with Crippen LogP contribution in [0, 0.1) is 44.3 Å². The van der Waals surface area contributed by atoms with E-state index in [9.17, 15) is 18.0 Å². The molecule has 7 aliphatic rings. The van der Waals surface area contributed by atoms with E-state index in [0.717, 1.165) is 77.2 Å². The van der Waals surface area contributed by atoms with Gasteiger partial charge in [-0.2, -0.15) is 12.7 Å². The van der Waals surface area contributed by atoms with Crippen molar-refractivity contribution in [2.24, 2.45) is 44.3 Å². The molecule has 0 bridgehead atoms. The second kappa shape index (κ2) is 18.1. The largest absolute Gasteiger partial charge is 0.381 e. The van der Waals surface area contributed by atoms with Gasteiger partial charge in [0.05, 0.1) is 29.5 Å². The molecule has 14 heteroatoms. The van der Waals surface area contributed by atoms with Crippen LogP contribution in [0.1, 0.15) is 165 Å². The normalized spacial score (nSPS) is 32.4. The molecule has 0 radical (unpaired) electrons. The third-order valence-corrected chi connectivity index (χ3v) is 20.7. The van der Waals surface area contributed by atoms with Gasteiger partial charge in [-0.15, -0.1) is 6.58 Å². The van der Waals surface area contributed by atoms with E-state index in [1.165, 1.54) is 4.31 Å². The molecule has 3 aliphatic heterocycles. The smallest absolute Gasteiger partial charge is 0.303 e. The SMILES string of the molecule is C=C[C@@H]1C[C@]1(CC(=O)[C@@H]1C[C@@]2(CN1C(=O)[C@@H](CC(=O)[C@@H](NC(=O)[C@@H]1CCCCN1C(C)C)C1(C)CCCCC1)C1(C)CCOCC1)C(C)(C)C21CCC1)C(=O)NS(=O)(=O)N(CC)CC. The molecule has 7 fully saturated rings. The molecule has 7 atom stereocenters. The molecular formula is C50H81N5O8S. The van der Waals surface area contributed by atoms with Crippen LogP contribution < -0.4 is 10.0 Å². The van der Waals surface area contributed by atoms with E-state index in [4.69, 9.17) is 4.74 Å². The average molecular weight is 912 g/mol. The Kier molecular flexibility index (Phi) is 13.9. The molecule has 0 aromatic heterocycles. The van der Waals surface area contributed by atoms with Crippen molar-refractivity contribution in [3.63, 3.8) is 0 Å². The molecule has 2 N–H and O–H groups in total. The Hall–Kier alpha value is -2.68. The lowest BCUT2D eigenvalue weighted by Gasteiger charge is -2.45. The van der Waals surface area contributed by atoms with Gasteiger partial charge in [0.25, 0.3) is 0 Å². The minimum Gasteiger partial charge on any atom is -0.381 e. The number of likely N-dealkylation sites (tertiary alicyclic amines) is 2. The number of Topliss-reactive ketones (excluding diaryl/α,β-unsaturated/α-hetero) is 2. The van der Waals surface area contributed by atoms with Gasteiger partial charge in [0.2, 0.25) is 17.7 Å². The molecule has 3 heterocycles. The summed E-state index contributed by atoms with van der Waals surface area (Å²) in [5.74, 6) is -2.54. The summed E-state index contributed by atoms with van der Waals surface area (Å²) in [6.45, 7) is 22.9. The molecule has 360 valence electrons. The number of carbonyl (C=O) groups excluding carboxylic acids is 5. The van der Waals surface area contributed by atoms with E-state index >= 15 is 14.4 Å². The summed E-state index contributed by atoms with van der Waals surface area (Å²) >= 11 is 0. The molecule has 2 spiro atoms. The minimum atomic E-state index is -4.14. The van der Waals surface area contributed by atoms with Crippen LogP contribution in [0.2, 0.25) is 0 Å². The number of ether oxygens (including phenoxy) is 1. The number of carbonyl (C=O) groups is 5. The number of hydrogen-bond donors (Lipinski definition) is 2. The fourth-order valence-corrected chi connectivity index (χ4v) is 15.5. The summed E-state index contributed by atoms with van der Waals surface area (Å²) in [4.78, 5) is 78.9. The van der Waals surface area contributed by atoms with E-state index in [0.29, 0.717) is 45.4 Å². The Bertz CT molecular complexity index is 1930. The predicted octanol–water partition coefficient (Wildman–Crippen LogP) is 6.75. The highest BCUT2D eigenvalue weighted by atomic mass is 32.2. The molecule has 7 rings (SSSR count). The lowest BCUT2D eigenvalue weighted by molar-refractivity contribution is -0.150. The second-order valence-electron chi connectivity index (χ2n) is 22.7. The molecule has 4 aliphatic carbocycles. The number of piperidine rings is 1. The van der Waals surface area contributed by atoms with Gasteiger partial charge in [0.15, 0.2) is 11.6 Å². The van der Waals surface area contributed by atoms with Gasteiger partial charge in [-0.3, -0.25) is 28.9 Å². The van der Waals surface area contributed by atoms with Crippen LogP contribution in [0.4, 0.5) is 0 Å². The van der Waals surface area contributed by atoms with E-state index in [1.807, 2.05) is 0 Å². The van der Waals surface area contributed by atoms with Crippen LogP contribution in [0.15, 0.2) is 12.7 Å². The molecule has 3 saturated heterocycles. The van der Waals surface area contributed by atoms with Gasteiger partial charge in [-0.05, 0) is 112 Å². The van der Waals surface area contributed by atoms with Crippen molar-refractivity contribution >= 4 is 39.5 Å². The van der Waals surface area contributed by atoms with Gasteiger partial charge in [-0.1, -0.05) is 79.7 Å². The molecule has 4 saturated carbocycles. The van der Waals surface area contributed by atoms with Crippen molar-refractivity contribution in [3.8, 4) is 0 Å². The summed E-state index contributed by atoms with van der Waals surface area (Å²) in [6, 6.07) is -1.71. The van der Waals surface area contributed by atoms with Crippen molar-refractivity contribution in [2.45, 2.75) is 189 Å². The number of allylic oxidation sites excluding steroid dienone is 1. The Labute approximate surface area is 384 Å². The summed E-state index contributed by atoms with van der Waals surface area (Å²) in [6.07, 6.45) is 13.8. The standard InChI is InChI=1S/C50H81N5O8S/c1-10-35-30-48(35,44(60)52-64(61,62)53(11-2)12-3)32-40(57)38-31-50(45(6,7)49(50)22-18-23-49)33-55(38)43(59)36(46(8)24-27-63-28-25-46)29-39(56)41(47(9)20-15-13-16-21-47)51-42(58)37-19-14-17-26-54(37)34(4)5/h10,34-38,41H,1,11-33H2,2-9H3,(H,51,58)(H,52,60)/t35-,36-,37+,38+,41-,48-,50-/m1/s1. The zero-order valence-electron chi connectivity index (χ0n) is 40.5. The first-order valence-electron chi connectivity index (χ1n) is 25.1. The highest BCUT2D eigenvalue weighted by molar-refractivity contribution is 7.87. The van der Waals surface area contributed by atoms with E-state index in [2.05, 4.69) is 63.1 Å². The highest BCUT2D eigenvalue weighted by Crippen LogP contribution is 2.88. The number of amides is 3. The summed E-state index contributed by atoms with van der Waals surface area (Å²) < 4.78 is 35.9. The lowest BCUT2D eigenvalue weighted by Crippen LogP contribution is -2.59. The quantitative estimate of drug-likeness (QED) is 0.142. The Balaban J connectivity index is 1.22. The van der Waals surface area contributed by atoms with Crippen molar-refractivity contribution in [1.82, 2.24) is 24.1 Å². The van der Waals surface area contributed by atoms with Crippen LogP contribution in [-0.2, 0) is 38.9 Å². The number of nitrogens with zero attached hydrogens (tertiary/aromatic N) is 3. The number of nitrogens with one attached hydrogen (secondary N) is 2. The maximum Gasteiger partial charge on any atom is 0.303 e. The number of hydrogen-bond acceptors (Lipinski definition) is 9. The number of fused-ring (bicyclic) bond motifs is 1. The van der Waals surface area contributed by atoms with Gasteiger partial charge in [-0.25, -0.2) is 4.72 Å². The molecule has 13 nitrogen and oxygen atoms in total. The number of rotatable bonds is 18. The van der Waals surface area contributed by atoms with Gasteiger partial charge >= 0.3 is 10.2 Å². The highest BCUT2D eigenvalue weighted by Gasteiger charge is 2.85. The third kappa shape index (κ3) is 8.26. The molecule has 64 heavy (non-hydrogen) atoms. The number of ketones is 2. The van der Waals surface area contributed by atoms with Crippen molar-refractivity contribution in [2.75, 3.05) is 39.4 Å². The monoisotopic (exact) mass is 912 g/mol. The Morgan fingerprint density at radius 2 is 1.48 bits per heavy atom. The first kappa shape index (κ1) is 49.2. The summed E-state index contributed by atoms with van der Waals surface area (Å²) in [5.41, 5.74) is -2.77. The van der Waals surface area contributed by atoms with Crippen LogP contribution in [0.25, 0.3) is 0 Å². The van der Waals surface area contributed by atoms with E-state index in [-0.39, 0.29) is 83.6 Å². The fraction of sp³-hybridized carbons (Fsp3) is 0.860.